The van der Waals surface area contributed by atoms with Crippen LogP contribution in [0.3, 0.4) is 0 Å². The predicted octanol–water partition coefficient (Wildman–Crippen LogP) is 4.91. The summed E-state index contributed by atoms with van der Waals surface area (Å²) in [5, 5.41) is 3.68. The summed E-state index contributed by atoms with van der Waals surface area (Å²) in [7, 11) is 0. The summed E-state index contributed by atoms with van der Waals surface area (Å²) in [6.45, 7) is 5.92. The second-order valence-electron chi connectivity index (χ2n) is 6.01. The van der Waals surface area contributed by atoms with E-state index in [0.717, 1.165) is 12.0 Å². The van der Waals surface area contributed by atoms with E-state index in [4.69, 9.17) is 0 Å². The fourth-order valence-electron chi connectivity index (χ4n) is 3.08. The summed E-state index contributed by atoms with van der Waals surface area (Å²) < 4.78 is 0. The zero-order valence-electron chi connectivity index (χ0n) is 12.1. The standard InChI is InChI=1S/C16H33N/c1-3-4-5-8-11-16-12-9-6-7-10-13-17-15(2)14-16/h15-17H,3-14H2,1-2H3. The first-order chi connectivity index (χ1) is 8.33. The Morgan fingerprint density at radius 2 is 1.82 bits per heavy atom. The van der Waals surface area contributed by atoms with E-state index in [2.05, 4.69) is 19.2 Å². The van der Waals surface area contributed by atoms with Gasteiger partial charge < -0.3 is 5.32 Å². The molecule has 1 aliphatic rings. The number of nitrogens with one attached hydrogen (secondary N) is 1. The molecule has 1 saturated heterocycles. The lowest BCUT2D eigenvalue weighted by Gasteiger charge is -2.23. The zero-order valence-corrected chi connectivity index (χ0v) is 12.1. The van der Waals surface area contributed by atoms with Crippen molar-refractivity contribution in [3.63, 3.8) is 0 Å². The summed E-state index contributed by atoms with van der Waals surface area (Å²) in [5.74, 6) is 0.993. The van der Waals surface area contributed by atoms with Crippen LogP contribution in [0.2, 0.25) is 0 Å². The molecular formula is C16H33N. The highest BCUT2D eigenvalue weighted by atomic mass is 14.9. The van der Waals surface area contributed by atoms with Crippen LogP contribution in [0.1, 0.15) is 84.5 Å². The molecule has 1 rings (SSSR count). The molecule has 1 heterocycles. The molecule has 0 amide bonds. The second kappa shape index (κ2) is 9.94. The van der Waals surface area contributed by atoms with Gasteiger partial charge in [-0.05, 0) is 32.2 Å². The molecule has 17 heavy (non-hydrogen) atoms. The van der Waals surface area contributed by atoms with Crippen LogP contribution in [0.4, 0.5) is 0 Å². The third-order valence-corrected chi connectivity index (χ3v) is 4.18. The first kappa shape index (κ1) is 15.0. The number of unbranched alkanes of at least 4 members (excludes halogenated alkanes) is 3. The van der Waals surface area contributed by atoms with E-state index in [1.54, 1.807) is 0 Å². The van der Waals surface area contributed by atoms with Gasteiger partial charge in [0.25, 0.3) is 0 Å². The van der Waals surface area contributed by atoms with Crippen LogP contribution in [-0.2, 0) is 0 Å². The van der Waals surface area contributed by atoms with Gasteiger partial charge in [0.1, 0.15) is 0 Å². The Hall–Kier alpha value is -0.0400. The summed E-state index contributed by atoms with van der Waals surface area (Å²) in [4.78, 5) is 0. The minimum atomic E-state index is 0.740. The Labute approximate surface area is 109 Å². The molecule has 0 aromatic rings. The van der Waals surface area contributed by atoms with Crippen molar-refractivity contribution in [2.45, 2.75) is 90.5 Å². The van der Waals surface area contributed by atoms with Gasteiger partial charge in [-0.15, -0.1) is 0 Å². The molecule has 1 nitrogen and oxygen atoms in total. The van der Waals surface area contributed by atoms with Gasteiger partial charge in [0, 0.05) is 6.04 Å². The summed E-state index contributed by atoms with van der Waals surface area (Å²) in [6.07, 6.45) is 15.8. The molecule has 0 bridgehead atoms. The van der Waals surface area contributed by atoms with Gasteiger partial charge in [0.2, 0.25) is 0 Å². The van der Waals surface area contributed by atoms with Crippen LogP contribution in [0, 0.1) is 5.92 Å². The van der Waals surface area contributed by atoms with Crippen molar-refractivity contribution < 1.29 is 0 Å². The molecule has 0 saturated carbocycles. The van der Waals surface area contributed by atoms with Crippen LogP contribution in [0.25, 0.3) is 0 Å². The molecule has 0 spiro atoms. The Kier molecular flexibility index (Phi) is 8.78. The third kappa shape index (κ3) is 7.81. The molecular weight excluding hydrogens is 206 g/mol. The van der Waals surface area contributed by atoms with Gasteiger partial charge in [-0.1, -0.05) is 64.7 Å². The van der Waals surface area contributed by atoms with Gasteiger partial charge in [-0.25, -0.2) is 0 Å². The SMILES string of the molecule is CCCCCCC1CCCCCCNC(C)C1. The summed E-state index contributed by atoms with van der Waals surface area (Å²) >= 11 is 0. The molecule has 0 aromatic carbocycles. The Bertz CT molecular complexity index is 167. The van der Waals surface area contributed by atoms with Crippen LogP contribution in [0.5, 0.6) is 0 Å². The molecule has 0 aliphatic carbocycles. The highest BCUT2D eigenvalue weighted by molar-refractivity contribution is 4.70. The maximum Gasteiger partial charge on any atom is 0.00413 e. The second-order valence-corrected chi connectivity index (χ2v) is 6.01. The highest BCUT2D eigenvalue weighted by Gasteiger charge is 2.13. The molecule has 0 aromatic heterocycles. The molecule has 1 aliphatic heterocycles. The molecule has 2 atom stereocenters. The fourth-order valence-corrected chi connectivity index (χ4v) is 3.08. The topological polar surface area (TPSA) is 12.0 Å². The quantitative estimate of drug-likeness (QED) is 0.672. The van der Waals surface area contributed by atoms with Crippen LogP contribution in [-0.4, -0.2) is 12.6 Å². The lowest BCUT2D eigenvalue weighted by molar-refractivity contribution is 0.326. The highest BCUT2D eigenvalue weighted by Crippen LogP contribution is 2.23. The van der Waals surface area contributed by atoms with Crippen LogP contribution < -0.4 is 5.32 Å². The normalized spacial score (nSPS) is 27.9. The zero-order chi connectivity index (χ0) is 12.3. The Balaban J connectivity index is 2.21. The van der Waals surface area contributed by atoms with Gasteiger partial charge in [0.05, 0.1) is 0 Å². The predicted molar refractivity (Wildman–Crippen MR) is 77.4 cm³/mol. The van der Waals surface area contributed by atoms with Gasteiger partial charge >= 0.3 is 0 Å². The monoisotopic (exact) mass is 239 g/mol. The van der Waals surface area contributed by atoms with Gasteiger partial charge in [-0.3, -0.25) is 0 Å². The van der Waals surface area contributed by atoms with E-state index in [-0.39, 0.29) is 0 Å². The summed E-state index contributed by atoms with van der Waals surface area (Å²) in [5.41, 5.74) is 0. The van der Waals surface area contributed by atoms with Crippen molar-refractivity contribution >= 4 is 0 Å². The number of hydrogen-bond donors (Lipinski definition) is 1. The van der Waals surface area contributed by atoms with Crippen molar-refractivity contribution in [2.24, 2.45) is 5.92 Å². The van der Waals surface area contributed by atoms with Crippen molar-refractivity contribution in [1.29, 1.82) is 0 Å². The Morgan fingerprint density at radius 3 is 2.65 bits per heavy atom. The van der Waals surface area contributed by atoms with Crippen LogP contribution >= 0.6 is 0 Å². The van der Waals surface area contributed by atoms with Gasteiger partial charge in [-0.2, -0.15) is 0 Å². The molecule has 1 heteroatoms. The summed E-state index contributed by atoms with van der Waals surface area (Å²) in [6, 6.07) is 0.740. The first-order valence-electron chi connectivity index (χ1n) is 8.06. The number of hydrogen-bond acceptors (Lipinski definition) is 1. The molecule has 102 valence electrons. The first-order valence-corrected chi connectivity index (χ1v) is 8.06. The van der Waals surface area contributed by atoms with Gasteiger partial charge in [0.15, 0.2) is 0 Å². The van der Waals surface area contributed by atoms with Crippen molar-refractivity contribution in [1.82, 2.24) is 5.32 Å². The van der Waals surface area contributed by atoms with Crippen molar-refractivity contribution in [3.8, 4) is 0 Å². The van der Waals surface area contributed by atoms with Crippen molar-refractivity contribution in [2.75, 3.05) is 6.54 Å². The maximum atomic E-state index is 3.68. The van der Waals surface area contributed by atoms with Crippen molar-refractivity contribution in [3.05, 3.63) is 0 Å². The average Bonchev–Trinajstić information content (AvgIpc) is 2.33. The molecule has 2 unspecified atom stereocenters. The minimum Gasteiger partial charge on any atom is -0.314 e. The fraction of sp³-hybridized carbons (Fsp3) is 1.00. The Morgan fingerprint density at radius 1 is 1.00 bits per heavy atom. The van der Waals surface area contributed by atoms with E-state index >= 15 is 0 Å². The van der Waals surface area contributed by atoms with E-state index in [9.17, 15) is 0 Å². The van der Waals surface area contributed by atoms with E-state index in [0.29, 0.717) is 0 Å². The molecule has 1 N–H and O–H groups in total. The number of rotatable bonds is 5. The van der Waals surface area contributed by atoms with E-state index in [1.807, 2.05) is 0 Å². The van der Waals surface area contributed by atoms with E-state index in [1.165, 1.54) is 77.2 Å². The largest absolute Gasteiger partial charge is 0.314 e. The average molecular weight is 239 g/mol. The van der Waals surface area contributed by atoms with Crippen LogP contribution in [0.15, 0.2) is 0 Å². The molecule has 0 radical (unpaired) electrons. The lowest BCUT2D eigenvalue weighted by Crippen LogP contribution is -2.29. The maximum absolute atomic E-state index is 3.68. The lowest BCUT2D eigenvalue weighted by atomic mass is 9.88. The van der Waals surface area contributed by atoms with E-state index < -0.39 is 0 Å². The smallest absolute Gasteiger partial charge is 0.00413 e. The minimum absolute atomic E-state index is 0.740. The third-order valence-electron chi connectivity index (χ3n) is 4.18. The molecule has 1 fully saturated rings.